The molecule has 1 aliphatic heterocycles. The van der Waals surface area contributed by atoms with Gasteiger partial charge in [0.1, 0.15) is 6.04 Å². The second-order valence-corrected chi connectivity index (χ2v) is 9.65. The monoisotopic (exact) mass is 465 g/mol. The Hall–Kier alpha value is -3.01. The number of carbonyl (C=O) groups is 2. The van der Waals surface area contributed by atoms with Gasteiger partial charge in [0, 0.05) is 32.1 Å². The minimum atomic E-state index is -3.95. The number of nitrogens with one attached hydrogen (secondary N) is 1. The van der Waals surface area contributed by atoms with Gasteiger partial charge in [-0.25, -0.2) is 17.2 Å². The van der Waals surface area contributed by atoms with Crippen molar-refractivity contribution in [3.63, 3.8) is 0 Å². The number of hydrogen-bond donors (Lipinski definition) is 1. The van der Waals surface area contributed by atoms with Gasteiger partial charge in [0.15, 0.2) is 11.6 Å². The summed E-state index contributed by atoms with van der Waals surface area (Å²) in [7, 11) is -3.95. The normalized spacial score (nSPS) is 15.0. The van der Waals surface area contributed by atoms with E-state index in [4.69, 9.17) is 0 Å². The molecule has 1 atom stereocenters. The Morgan fingerprint density at radius 1 is 1.12 bits per heavy atom. The van der Waals surface area contributed by atoms with Gasteiger partial charge in [-0.3, -0.25) is 13.9 Å². The van der Waals surface area contributed by atoms with Crippen LogP contribution in [0.3, 0.4) is 0 Å². The summed E-state index contributed by atoms with van der Waals surface area (Å²) in [6.45, 7) is 2.82. The summed E-state index contributed by atoms with van der Waals surface area (Å²) in [6.07, 6.45) is 2.34. The molecule has 2 aromatic rings. The van der Waals surface area contributed by atoms with E-state index in [1.807, 2.05) is 24.3 Å². The summed E-state index contributed by atoms with van der Waals surface area (Å²) < 4.78 is 52.1. The van der Waals surface area contributed by atoms with Crippen LogP contribution < -0.4 is 9.62 Å². The minimum Gasteiger partial charge on any atom is -0.350 e. The first-order valence-electron chi connectivity index (χ1n) is 10.1. The fraction of sp³-hybridized carbons (Fsp3) is 0.364. The number of nitrogens with zero attached hydrogens (tertiary/aromatic N) is 2. The third-order valence-electron chi connectivity index (χ3n) is 5.28. The van der Waals surface area contributed by atoms with E-state index in [-0.39, 0.29) is 18.1 Å². The molecule has 32 heavy (non-hydrogen) atoms. The summed E-state index contributed by atoms with van der Waals surface area (Å²) >= 11 is 0. The molecule has 10 heteroatoms. The van der Waals surface area contributed by atoms with Crippen LogP contribution >= 0.6 is 0 Å². The number of halogens is 2. The molecular formula is C22H25F2N3O4S. The second-order valence-electron chi connectivity index (χ2n) is 7.79. The predicted molar refractivity (Wildman–Crippen MR) is 116 cm³/mol. The average Bonchev–Trinajstić information content (AvgIpc) is 3.13. The van der Waals surface area contributed by atoms with Gasteiger partial charge in [-0.05, 0) is 36.6 Å². The number of carbonyl (C=O) groups excluding carboxylic acids is 2. The molecule has 1 saturated heterocycles. The Morgan fingerprint density at radius 3 is 2.34 bits per heavy atom. The maximum absolute atomic E-state index is 13.6. The average molecular weight is 466 g/mol. The van der Waals surface area contributed by atoms with Crippen molar-refractivity contribution < 1.29 is 26.8 Å². The number of likely N-dealkylation sites (tertiary alicyclic amines) is 1. The van der Waals surface area contributed by atoms with Gasteiger partial charge in [-0.15, -0.1) is 0 Å². The Labute approximate surface area is 186 Å². The van der Waals surface area contributed by atoms with Crippen molar-refractivity contribution in [2.75, 3.05) is 17.1 Å². The molecule has 7 nitrogen and oxygen atoms in total. The molecule has 0 radical (unpaired) electrons. The fourth-order valence-electron chi connectivity index (χ4n) is 3.62. The largest absolute Gasteiger partial charge is 0.350 e. The van der Waals surface area contributed by atoms with E-state index < -0.39 is 33.6 Å². The minimum absolute atomic E-state index is 0.144. The van der Waals surface area contributed by atoms with E-state index in [2.05, 4.69) is 5.32 Å². The van der Waals surface area contributed by atoms with Gasteiger partial charge in [-0.1, -0.05) is 24.3 Å². The van der Waals surface area contributed by atoms with Crippen LogP contribution in [0.2, 0.25) is 0 Å². The van der Waals surface area contributed by atoms with E-state index in [0.717, 1.165) is 52.9 Å². The number of anilines is 1. The van der Waals surface area contributed by atoms with Crippen LogP contribution in [0.1, 0.15) is 30.9 Å². The number of benzene rings is 2. The van der Waals surface area contributed by atoms with Crippen molar-refractivity contribution in [1.29, 1.82) is 0 Å². The lowest BCUT2D eigenvalue weighted by Crippen LogP contribution is -2.47. The summed E-state index contributed by atoms with van der Waals surface area (Å²) in [5, 5.41) is 2.67. The summed E-state index contributed by atoms with van der Waals surface area (Å²) in [6, 6.07) is 8.87. The molecule has 1 heterocycles. The van der Waals surface area contributed by atoms with Crippen LogP contribution in [0.5, 0.6) is 0 Å². The van der Waals surface area contributed by atoms with Gasteiger partial charge in [-0.2, -0.15) is 0 Å². The van der Waals surface area contributed by atoms with Crippen LogP contribution in [0.4, 0.5) is 14.5 Å². The van der Waals surface area contributed by atoms with Crippen LogP contribution in [-0.2, 0) is 32.7 Å². The number of rotatable bonds is 8. The SMILES string of the molecule is CC(C(=O)NCc1ccc(CN2CCCC2=O)cc1)N(c1ccc(F)c(F)c1)S(C)(=O)=O. The van der Waals surface area contributed by atoms with Crippen molar-refractivity contribution >= 4 is 27.5 Å². The highest BCUT2D eigenvalue weighted by Crippen LogP contribution is 2.23. The standard InChI is InChI=1S/C22H25F2N3O4S/c1-15(27(32(2,30)31)18-9-10-19(23)20(24)12-18)22(29)25-13-16-5-7-17(8-6-16)14-26-11-3-4-21(26)28/h5-10,12,15H,3-4,11,13-14H2,1-2H3,(H,25,29). The van der Waals surface area contributed by atoms with Gasteiger partial charge < -0.3 is 10.2 Å². The highest BCUT2D eigenvalue weighted by atomic mass is 32.2. The predicted octanol–water partition coefficient (Wildman–Crippen LogP) is 2.56. The smallest absolute Gasteiger partial charge is 0.243 e. The number of sulfonamides is 1. The fourth-order valence-corrected chi connectivity index (χ4v) is 4.79. The molecule has 1 fully saturated rings. The van der Waals surface area contributed by atoms with Crippen molar-refractivity contribution in [2.24, 2.45) is 0 Å². The Kier molecular flexibility index (Phi) is 7.12. The van der Waals surface area contributed by atoms with Crippen molar-refractivity contribution in [1.82, 2.24) is 10.2 Å². The lowest BCUT2D eigenvalue weighted by Gasteiger charge is -2.28. The topological polar surface area (TPSA) is 86.8 Å². The molecule has 3 rings (SSSR count). The molecule has 172 valence electrons. The Balaban J connectivity index is 1.64. The third-order valence-corrected chi connectivity index (χ3v) is 6.52. The van der Waals surface area contributed by atoms with E-state index in [9.17, 15) is 26.8 Å². The quantitative estimate of drug-likeness (QED) is 0.649. The van der Waals surface area contributed by atoms with Crippen LogP contribution in [0.25, 0.3) is 0 Å². The van der Waals surface area contributed by atoms with E-state index >= 15 is 0 Å². The molecule has 2 amide bonds. The molecule has 0 aliphatic carbocycles. The highest BCUT2D eigenvalue weighted by molar-refractivity contribution is 7.92. The second kappa shape index (κ2) is 9.64. The first-order chi connectivity index (χ1) is 15.1. The van der Waals surface area contributed by atoms with Gasteiger partial charge >= 0.3 is 0 Å². The van der Waals surface area contributed by atoms with Crippen LogP contribution in [0.15, 0.2) is 42.5 Å². The number of amides is 2. The molecule has 1 N–H and O–H groups in total. The zero-order valence-electron chi connectivity index (χ0n) is 17.8. The van der Waals surface area contributed by atoms with Crippen LogP contribution in [0, 0.1) is 11.6 Å². The number of hydrogen-bond acceptors (Lipinski definition) is 4. The summed E-state index contributed by atoms with van der Waals surface area (Å²) in [5.41, 5.74) is 1.63. The third kappa shape index (κ3) is 5.61. The zero-order valence-corrected chi connectivity index (χ0v) is 18.7. The van der Waals surface area contributed by atoms with E-state index in [0.29, 0.717) is 13.0 Å². The summed E-state index contributed by atoms with van der Waals surface area (Å²) in [5.74, 6) is -2.77. The molecule has 1 aliphatic rings. The molecule has 0 saturated carbocycles. The van der Waals surface area contributed by atoms with E-state index in [1.165, 1.54) is 6.92 Å². The lowest BCUT2D eigenvalue weighted by molar-refractivity contribution is -0.128. The molecule has 2 aromatic carbocycles. The van der Waals surface area contributed by atoms with Crippen molar-refractivity contribution in [2.45, 2.75) is 38.9 Å². The maximum atomic E-state index is 13.6. The van der Waals surface area contributed by atoms with E-state index in [1.54, 1.807) is 4.90 Å². The van der Waals surface area contributed by atoms with Gasteiger partial charge in [0.25, 0.3) is 0 Å². The molecule has 1 unspecified atom stereocenters. The summed E-state index contributed by atoms with van der Waals surface area (Å²) in [4.78, 5) is 26.2. The van der Waals surface area contributed by atoms with Crippen molar-refractivity contribution in [3.8, 4) is 0 Å². The Bertz CT molecular complexity index is 1110. The highest BCUT2D eigenvalue weighted by Gasteiger charge is 2.29. The maximum Gasteiger partial charge on any atom is 0.243 e. The first-order valence-corrected chi connectivity index (χ1v) is 12.0. The molecule has 0 aromatic heterocycles. The van der Waals surface area contributed by atoms with Gasteiger partial charge in [0.2, 0.25) is 21.8 Å². The zero-order chi connectivity index (χ0) is 23.5. The lowest BCUT2D eigenvalue weighted by atomic mass is 10.1. The molecular weight excluding hydrogens is 440 g/mol. The molecule has 0 spiro atoms. The first kappa shape index (κ1) is 23.6. The van der Waals surface area contributed by atoms with Gasteiger partial charge in [0.05, 0.1) is 11.9 Å². The molecule has 0 bridgehead atoms. The van der Waals surface area contributed by atoms with Crippen LogP contribution in [-0.4, -0.2) is 44.0 Å². The van der Waals surface area contributed by atoms with Crippen molar-refractivity contribution in [3.05, 3.63) is 65.2 Å². The Morgan fingerprint density at radius 2 is 1.78 bits per heavy atom.